The normalized spacial score (nSPS) is 13.2. The van der Waals surface area contributed by atoms with Gasteiger partial charge in [0.05, 0.1) is 12.3 Å². The number of nitrogens with zero attached hydrogens (tertiary/aromatic N) is 3. The predicted octanol–water partition coefficient (Wildman–Crippen LogP) is 1.22. The lowest BCUT2D eigenvalue weighted by Gasteiger charge is -2.15. The zero-order valence-corrected chi connectivity index (χ0v) is 11.3. The molecule has 0 amide bonds. The van der Waals surface area contributed by atoms with Gasteiger partial charge in [-0.3, -0.25) is 5.10 Å². The van der Waals surface area contributed by atoms with E-state index >= 15 is 0 Å². The van der Waals surface area contributed by atoms with Crippen LogP contribution < -0.4 is 0 Å². The number of aromatic amines is 1. The van der Waals surface area contributed by atoms with Gasteiger partial charge in [0.1, 0.15) is 5.82 Å². The largest absolute Gasteiger partial charge is 0.389 e. The molecule has 1 aromatic heterocycles. The first-order valence-electron chi connectivity index (χ1n) is 5.49. The first kappa shape index (κ1) is 15.9. The topological polar surface area (TPSA) is 79.0 Å². The fraction of sp³-hybridized carbons (Fsp3) is 0.778. The molecule has 0 fully saturated rings. The van der Waals surface area contributed by atoms with Crippen molar-refractivity contribution >= 4 is 10.0 Å². The Morgan fingerprint density at radius 1 is 1.37 bits per heavy atom. The lowest BCUT2D eigenvalue weighted by atomic mass is 10.3. The van der Waals surface area contributed by atoms with Crippen LogP contribution in [0.1, 0.15) is 24.5 Å². The molecule has 0 aromatic carbocycles. The smallest absolute Gasteiger partial charge is 0.263 e. The number of alkyl halides is 3. The van der Waals surface area contributed by atoms with Crippen LogP contribution in [0.25, 0.3) is 0 Å². The quantitative estimate of drug-likeness (QED) is 0.856. The summed E-state index contributed by atoms with van der Waals surface area (Å²) < 4.78 is 60.2. The minimum absolute atomic E-state index is 0.0707. The molecule has 0 saturated heterocycles. The minimum Gasteiger partial charge on any atom is -0.263 e. The van der Waals surface area contributed by atoms with Crippen LogP contribution in [0, 0.1) is 6.92 Å². The number of aryl methyl sites for hydroxylation is 1. The van der Waals surface area contributed by atoms with Crippen LogP contribution in [-0.2, 0) is 16.6 Å². The third-order valence-corrected chi connectivity index (χ3v) is 4.23. The van der Waals surface area contributed by atoms with E-state index in [0.717, 1.165) is 4.31 Å². The van der Waals surface area contributed by atoms with Gasteiger partial charge in [-0.1, -0.05) is 0 Å². The summed E-state index contributed by atoms with van der Waals surface area (Å²) in [5, 5.41) is 6.32. The van der Waals surface area contributed by atoms with Crippen molar-refractivity contribution in [2.75, 3.05) is 12.8 Å². The van der Waals surface area contributed by atoms with Gasteiger partial charge in [-0.25, -0.2) is 13.4 Å². The molecule has 10 heteroatoms. The molecule has 6 nitrogen and oxygen atoms in total. The molecule has 0 bridgehead atoms. The highest BCUT2D eigenvalue weighted by Gasteiger charge is 2.28. The standard InChI is InChI=1S/C9H15F3N4O2S/c1-7-13-8(15-14-7)6-16(2)19(17,18)5-3-4-9(10,11)12/h3-6H2,1-2H3,(H,13,14,15). The molecule has 0 aliphatic rings. The van der Waals surface area contributed by atoms with Crippen LogP contribution in [0.4, 0.5) is 13.2 Å². The second-order valence-corrected chi connectivity index (χ2v) is 6.32. The second kappa shape index (κ2) is 5.87. The van der Waals surface area contributed by atoms with E-state index in [2.05, 4.69) is 15.2 Å². The highest BCUT2D eigenvalue weighted by atomic mass is 32.2. The molecule has 110 valence electrons. The van der Waals surface area contributed by atoms with Crippen LogP contribution in [0.5, 0.6) is 0 Å². The Kier molecular flexibility index (Phi) is 4.91. The van der Waals surface area contributed by atoms with E-state index in [1.54, 1.807) is 6.92 Å². The lowest BCUT2D eigenvalue weighted by Crippen LogP contribution is -2.29. The summed E-state index contributed by atoms with van der Waals surface area (Å²) in [6.45, 7) is 1.59. The number of aromatic nitrogens is 3. The summed E-state index contributed by atoms with van der Waals surface area (Å²) >= 11 is 0. The summed E-state index contributed by atoms with van der Waals surface area (Å²) in [5.41, 5.74) is 0. The Hall–Kier alpha value is -1.16. The first-order valence-corrected chi connectivity index (χ1v) is 7.10. The van der Waals surface area contributed by atoms with Gasteiger partial charge in [0.25, 0.3) is 0 Å². The number of hydrogen-bond acceptors (Lipinski definition) is 4. The number of halogens is 3. The first-order chi connectivity index (χ1) is 8.60. The van der Waals surface area contributed by atoms with Gasteiger partial charge >= 0.3 is 6.18 Å². The number of sulfonamides is 1. The fourth-order valence-electron chi connectivity index (χ4n) is 1.37. The molecule has 1 N–H and O–H groups in total. The van der Waals surface area contributed by atoms with E-state index < -0.39 is 34.8 Å². The molecule has 0 unspecified atom stereocenters. The molecule has 1 rings (SSSR count). The summed E-state index contributed by atoms with van der Waals surface area (Å²) in [4.78, 5) is 3.93. The van der Waals surface area contributed by atoms with Gasteiger partial charge in [-0.05, 0) is 13.3 Å². The summed E-state index contributed by atoms with van der Waals surface area (Å²) in [5.74, 6) is 0.268. The number of rotatable bonds is 6. The van der Waals surface area contributed by atoms with Crippen molar-refractivity contribution in [3.05, 3.63) is 11.6 Å². The maximum atomic E-state index is 11.9. The van der Waals surface area contributed by atoms with Crippen molar-refractivity contribution in [1.82, 2.24) is 19.5 Å². The number of nitrogens with one attached hydrogen (secondary N) is 1. The molecule has 0 saturated carbocycles. The maximum Gasteiger partial charge on any atom is 0.389 e. The van der Waals surface area contributed by atoms with Crippen LogP contribution >= 0.6 is 0 Å². The Bertz CT molecular complexity index is 512. The summed E-state index contributed by atoms with van der Waals surface area (Å²) in [6.07, 6.45) is -5.90. The Morgan fingerprint density at radius 2 is 2.00 bits per heavy atom. The van der Waals surface area contributed by atoms with Crippen LogP contribution in [-0.4, -0.2) is 46.9 Å². The van der Waals surface area contributed by atoms with Crippen molar-refractivity contribution in [2.24, 2.45) is 0 Å². The zero-order valence-electron chi connectivity index (χ0n) is 10.5. The van der Waals surface area contributed by atoms with Gasteiger partial charge in [-0.2, -0.15) is 22.6 Å². The molecule has 0 atom stereocenters. The molecule has 0 aliphatic heterocycles. The van der Waals surface area contributed by atoms with Crippen molar-refractivity contribution in [3.63, 3.8) is 0 Å². The van der Waals surface area contributed by atoms with Gasteiger partial charge in [0, 0.05) is 13.5 Å². The Labute approximate surface area is 109 Å². The van der Waals surface area contributed by atoms with Gasteiger partial charge in [-0.15, -0.1) is 0 Å². The minimum atomic E-state index is -4.34. The molecule has 19 heavy (non-hydrogen) atoms. The van der Waals surface area contributed by atoms with Crippen molar-refractivity contribution in [3.8, 4) is 0 Å². The van der Waals surface area contributed by atoms with Crippen molar-refractivity contribution in [1.29, 1.82) is 0 Å². The van der Waals surface area contributed by atoms with Gasteiger partial charge in [0.15, 0.2) is 5.82 Å². The number of hydrogen-bond donors (Lipinski definition) is 1. The number of H-pyrrole nitrogens is 1. The molecule has 1 heterocycles. The Morgan fingerprint density at radius 3 is 2.47 bits per heavy atom. The van der Waals surface area contributed by atoms with Crippen molar-refractivity contribution in [2.45, 2.75) is 32.5 Å². The van der Waals surface area contributed by atoms with E-state index in [4.69, 9.17) is 0 Å². The van der Waals surface area contributed by atoms with Crippen LogP contribution in [0.15, 0.2) is 0 Å². The molecular formula is C9H15F3N4O2S. The predicted molar refractivity (Wildman–Crippen MR) is 61.7 cm³/mol. The molecule has 0 radical (unpaired) electrons. The SMILES string of the molecule is Cc1nc(CN(C)S(=O)(=O)CCCC(F)(F)F)n[nH]1. The van der Waals surface area contributed by atoms with Gasteiger partial charge in [0.2, 0.25) is 10.0 Å². The third kappa shape index (κ3) is 5.55. The van der Waals surface area contributed by atoms with Crippen LogP contribution in [0.3, 0.4) is 0 Å². The van der Waals surface area contributed by atoms with E-state index in [1.165, 1.54) is 7.05 Å². The molecule has 1 aromatic rings. The fourth-order valence-corrected chi connectivity index (χ4v) is 2.50. The van der Waals surface area contributed by atoms with E-state index in [9.17, 15) is 21.6 Å². The second-order valence-electron chi connectivity index (χ2n) is 4.13. The summed E-state index contributed by atoms with van der Waals surface area (Å²) in [6, 6.07) is 0. The highest BCUT2D eigenvalue weighted by Crippen LogP contribution is 2.22. The van der Waals surface area contributed by atoms with Gasteiger partial charge < -0.3 is 0 Å². The van der Waals surface area contributed by atoms with E-state index in [0.29, 0.717) is 5.82 Å². The zero-order chi connectivity index (χ0) is 14.7. The van der Waals surface area contributed by atoms with E-state index in [-0.39, 0.29) is 12.4 Å². The average Bonchev–Trinajstić information content (AvgIpc) is 2.61. The van der Waals surface area contributed by atoms with Crippen LogP contribution in [0.2, 0.25) is 0 Å². The maximum absolute atomic E-state index is 11.9. The average molecular weight is 300 g/mol. The van der Waals surface area contributed by atoms with E-state index in [1.807, 2.05) is 0 Å². The lowest BCUT2D eigenvalue weighted by molar-refractivity contribution is -0.134. The summed E-state index contributed by atoms with van der Waals surface area (Å²) in [7, 11) is -2.45. The van der Waals surface area contributed by atoms with Crippen molar-refractivity contribution < 1.29 is 21.6 Å². The Balaban J connectivity index is 2.52. The molecule has 0 spiro atoms. The monoisotopic (exact) mass is 300 g/mol. The third-order valence-electron chi connectivity index (χ3n) is 2.35. The highest BCUT2D eigenvalue weighted by molar-refractivity contribution is 7.89. The molecule has 0 aliphatic carbocycles. The molecular weight excluding hydrogens is 285 g/mol.